The summed E-state index contributed by atoms with van der Waals surface area (Å²) in [4.78, 5) is 0. The van der Waals surface area contributed by atoms with Crippen molar-refractivity contribution >= 4 is 23.6 Å². The zero-order valence-electron chi connectivity index (χ0n) is 32.3. The monoisotopic (exact) mass is 796 g/mol. The summed E-state index contributed by atoms with van der Waals surface area (Å²) in [6.45, 7) is 22.0. The molecule has 0 N–H and O–H groups in total. The number of ether oxygens (including phenoxy) is 6. The molecule has 11 heteroatoms. The first-order chi connectivity index (χ1) is 22.1. The van der Waals surface area contributed by atoms with Crippen molar-refractivity contribution < 1.29 is 86.1 Å². The maximum absolute atomic E-state index is 6.55. The van der Waals surface area contributed by atoms with E-state index in [2.05, 4.69) is 108 Å². The van der Waals surface area contributed by atoms with Crippen molar-refractivity contribution in [2.75, 3.05) is 42.7 Å². The van der Waals surface area contributed by atoms with Crippen LogP contribution in [0.4, 0.5) is 0 Å². The zero-order valence-corrected chi connectivity index (χ0v) is 37.1. The molecule has 0 amide bonds. The van der Waals surface area contributed by atoms with Gasteiger partial charge in [0, 0.05) is 0 Å². The first-order valence-corrected chi connectivity index (χ1v) is 18.7. The van der Waals surface area contributed by atoms with E-state index in [1.807, 2.05) is 0 Å². The van der Waals surface area contributed by atoms with E-state index in [4.69, 9.17) is 28.4 Å². The molecule has 1 aliphatic rings. The molecule has 3 aromatic rings. The molecule has 0 aromatic heterocycles. The molecule has 0 saturated heterocycles. The van der Waals surface area contributed by atoms with Crippen molar-refractivity contribution in [3.8, 4) is 34.5 Å². The van der Waals surface area contributed by atoms with Gasteiger partial charge in [-0.05, 0) is 0 Å². The van der Waals surface area contributed by atoms with Crippen molar-refractivity contribution in [2.24, 2.45) is 0 Å². The molecule has 0 aliphatic heterocycles. The van der Waals surface area contributed by atoms with Gasteiger partial charge in [0.15, 0.2) is 0 Å². The van der Waals surface area contributed by atoms with Crippen molar-refractivity contribution in [2.45, 2.75) is 72.6 Å². The van der Waals surface area contributed by atoms with E-state index >= 15 is 0 Å². The van der Waals surface area contributed by atoms with E-state index in [1.54, 1.807) is 42.7 Å². The van der Waals surface area contributed by atoms with E-state index in [1.165, 1.54) is 37.9 Å². The Morgan fingerprint density at radius 3 is 0.880 bits per heavy atom. The summed E-state index contributed by atoms with van der Waals surface area (Å²) in [5.41, 5.74) is 11.4. The van der Waals surface area contributed by atoms with Crippen molar-refractivity contribution in [3.05, 3.63) is 73.9 Å². The van der Waals surface area contributed by atoms with E-state index < -0.39 is 11.4 Å². The van der Waals surface area contributed by atoms with Crippen LogP contribution in [0.25, 0.3) is 0 Å². The van der Waals surface area contributed by atoms with Crippen LogP contribution in [0.5, 0.6) is 34.5 Å². The second-order valence-corrected chi connectivity index (χ2v) is 18.5. The Bertz CT molecular complexity index is 1650. The normalized spacial score (nSPS) is 13.6. The van der Waals surface area contributed by atoms with E-state index in [0.29, 0.717) is 0 Å². The maximum atomic E-state index is 6.55. The number of rotatable bonds is 10. The Hall–Kier alpha value is -2.26. The predicted octanol–water partition coefficient (Wildman–Crippen LogP) is -2.00. The summed E-state index contributed by atoms with van der Waals surface area (Å²) in [6, 6.07) is 6.50. The largest absolute Gasteiger partial charge is 1.00 e. The van der Waals surface area contributed by atoms with Crippen LogP contribution in [0.2, 0.25) is 3.34 Å². The number of hydrogen-bond acceptors (Lipinski definition) is 6. The Kier molecular flexibility index (Phi) is 15.6. The van der Waals surface area contributed by atoms with Gasteiger partial charge in [0.05, 0.1) is 0 Å². The summed E-state index contributed by atoms with van der Waals surface area (Å²) in [6.07, 6.45) is 0. The minimum Gasteiger partial charge on any atom is -1.00 e. The summed E-state index contributed by atoms with van der Waals surface area (Å²) >= 11 is 2.44. The summed E-state index contributed by atoms with van der Waals surface area (Å²) in [5.74, 6) is 4.84. The van der Waals surface area contributed by atoms with Gasteiger partial charge in [-0.3, -0.25) is 0 Å². The molecule has 0 fully saturated rings. The third kappa shape index (κ3) is 6.28. The SMILES string of the molecule is COc1cc(C)c([Si](c2c(C)cc(OC)c(C)c2OC)(c2c(C)cc(OC)c(C)c2OC)[C]2([Ti+3])C(C)=C(C)C(C)=C2C)c(OC)c1C.[Cl-].[Cl-].[Cl-]. The van der Waals surface area contributed by atoms with Crippen molar-refractivity contribution in [1.82, 2.24) is 0 Å². The molecular formula is C39H51Cl3O6SiTi. The van der Waals surface area contributed by atoms with Crippen LogP contribution in [0.15, 0.2) is 40.5 Å². The zero-order chi connectivity index (χ0) is 35.3. The van der Waals surface area contributed by atoms with Gasteiger partial charge in [-0.1, -0.05) is 0 Å². The molecule has 3 aromatic carbocycles. The fraction of sp³-hybridized carbons (Fsp3) is 0.436. The molecule has 50 heavy (non-hydrogen) atoms. The van der Waals surface area contributed by atoms with Crippen LogP contribution >= 0.6 is 0 Å². The van der Waals surface area contributed by atoms with Gasteiger partial charge in [0.25, 0.3) is 0 Å². The van der Waals surface area contributed by atoms with Crippen molar-refractivity contribution in [1.29, 1.82) is 0 Å². The molecule has 0 atom stereocenters. The number of halogens is 3. The third-order valence-electron chi connectivity index (χ3n) is 10.8. The molecule has 0 heterocycles. The molecule has 6 nitrogen and oxygen atoms in total. The molecule has 0 spiro atoms. The van der Waals surface area contributed by atoms with E-state index in [0.717, 1.165) is 67.9 Å². The first kappa shape index (κ1) is 45.8. The fourth-order valence-electron chi connectivity index (χ4n) is 8.27. The third-order valence-corrected chi connectivity index (χ3v) is 19.7. The first-order valence-electron chi connectivity index (χ1n) is 15.9. The molecule has 0 unspecified atom stereocenters. The van der Waals surface area contributed by atoms with Crippen LogP contribution in [-0.2, 0) is 20.4 Å². The molecule has 4 rings (SSSR count). The molecule has 0 bridgehead atoms. The second kappa shape index (κ2) is 17.0. The number of hydrogen-bond donors (Lipinski definition) is 0. The summed E-state index contributed by atoms with van der Waals surface area (Å²) < 4.78 is 37.0. The standard InChI is InChI=1S/C39H51O6Si.3ClH.Ti/c1-20-17-30(40-11)27(8)33(43-14)36(20)46(39-25(6)23(4)24(5)26(39)7,37-21(2)18-31(41-12)28(9)34(37)44-15)38-22(3)19-32(42-13)29(10)35(38)45-16;;;;/h17-19H,1-16H3;3*1H;/q;;;;+3/p-3. The van der Waals surface area contributed by atoms with Crippen molar-refractivity contribution in [3.63, 3.8) is 0 Å². The molecular weight excluding hydrogens is 747 g/mol. The van der Waals surface area contributed by atoms with Crippen LogP contribution in [0.3, 0.4) is 0 Å². The van der Waals surface area contributed by atoms with E-state index in [-0.39, 0.29) is 37.2 Å². The molecule has 0 saturated carbocycles. The Morgan fingerprint density at radius 1 is 0.440 bits per heavy atom. The van der Waals surface area contributed by atoms with Gasteiger partial charge in [-0.25, -0.2) is 0 Å². The predicted molar refractivity (Wildman–Crippen MR) is 191 cm³/mol. The Morgan fingerprint density at radius 2 is 0.680 bits per heavy atom. The maximum Gasteiger partial charge on any atom is -1.00 e. The van der Waals surface area contributed by atoms with Crippen LogP contribution in [-0.4, -0.2) is 50.7 Å². The molecule has 1 aliphatic carbocycles. The fourth-order valence-corrected chi connectivity index (χ4v) is 17.9. The van der Waals surface area contributed by atoms with Gasteiger partial charge in [-0.15, -0.1) is 0 Å². The topological polar surface area (TPSA) is 55.4 Å². The number of methoxy groups -OCH3 is 6. The van der Waals surface area contributed by atoms with Gasteiger partial charge in [0.2, 0.25) is 0 Å². The number of allylic oxidation sites excluding steroid dienone is 4. The minimum atomic E-state index is -3.51. The number of aryl methyl sites for hydroxylation is 3. The Balaban J connectivity index is 0.00000417. The minimum absolute atomic E-state index is 0. The summed E-state index contributed by atoms with van der Waals surface area (Å²) in [7, 11) is 6.96. The van der Waals surface area contributed by atoms with Gasteiger partial charge < -0.3 is 37.2 Å². The molecule has 272 valence electrons. The average Bonchev–Trinajstić information content (AvgIpc) is 3.20. The second-order valence-electron chi connectivity index (χ2n) is 12.8. The average molecular weight is 798 g/mol. The number of benzene rings is 3. The summed E-state index contributed by atoms with van der Waals surface area (Å²) in [5, 5.41) is 3.50. The van der Waals surface area contributed by atoms with Crippen LogP contribution in [0, 0.1) is 41.5 Å². The van der Waals surface area contributed by atoms with E-state index in [9.17, 15) is 0 Å². The van der Waals surface area contributed by atoms with Crippen LogP contribution < -0.4 is 81.2 Å². The molecule has 0 radical (unpaired) electrons. The van der Waals surface area contributed by atoms with Gasteiger partial charge >= 0.3 is 296 Å². The van der Waals surface area contributed by atoms with Gasteiger partial charge in [-0.2, -0.15) is 0 Å². The van der Waals surface area contributed by atoms with Gasteiger partial charge in [0.1, 0.15) is 0 Å². The van der Waals surface area contributed by atoms with Crippen LogP contribution in [0.1, 0.15) is 61.1 Å². The quantitative estimate of drug-likeness (QED) is 0.175. The Labute approximate surface area is 331 Å². The smallest absolute Gasteiger partial charge is 1.00 e.